The Labute approximate surface area is 124 Å². The minimum absolute atomic E-state index is 0.0462. The third kappa shape index (κ3) is 3.92. The van der Waals surface area contributed by atoms with Gasteiger partial charge in [-0.3, -0.25) is 10.4 Å². The van der Waals surface area contributed by atoms with E-state index in [1.165, 1.54) is 0 Å². The van der Waals surface area contributed by atoms with Gasteiger partial charge in [-0.25, -0.2) is 0 Å². The Morgan fingerprint density at radius 3 is 2.81 bits per heavy atom. The van der Waals surface area contributed by atoms with Gasteiger partial charge in [0.15, 0.2) is 0 Å². The smallest absolute Gasteiger partial charge is 0.141 e. The standard InChI is InChI=1S/C16H21N3O2/c1-2-3-8-20-9-10-21-15-12-6-4-5-7-14(12)19-11-13(15)16(17)18/h4-7,11H,2-3,8-10H2,1H3,(H3,17,18). The third-order valence-electron chi connectivity index (χ3n) is 3.13. The average Bonchev–Trinajstić information content (AvgIpc) is 2.50. The number of amidine groups is 1. The molecule has 112 valence electrons. The second kappa shape index (κ2) is 7.59. The van der Waals surface area contributed by atoms with E-state index in [9.17, 15) is 0 Å². The minimum Gasteiger partial charge on any atom is -0.490 e. The fraction of sp³-hybridized carbons (Fsp3) is 0.375. The number of ether oxygens (including phenoxy) is 2. The van der Waals surface area contributed by atoms with Gasteiger partial charge >= 0.3 is 0 Å². The number of aromatic nitrogens is 1. The molecule has 5 heteroatoms. The molecule has 5 nitrogen and oxygen atoms in total. The van der Waals surface area contributed by atoms with Gasteiger partial charge in [0, 0.05) is 18.2 Å². The topological polar surface area (TPSA) is 81.2 Å². The molecule has 2 aromatic rings. The van der Waals surface area contributed by atoms with E-state index in [0.29, 0.717) is 24.5 Å². The summed E-state index contributed by atoms with van der Waals surface area (Å²) in [5.74, 6) is 0.558. The molecule has 21 heavy (non-hydrogen) atoms. The number of rotatable bonds is 8. The Balaban J connectivity index is 2.12. The SMILES string of the molecule is CCCCOCCOc1c(C(=N)N)cnc2ccccc12. The van der Waals surface area contributed by atoms with Gasteiger partial charge in [0.25, 0.3) is 0 Å². The summed E-state index contributed by atoms with van der Waals surface area (Å²) in [6.07, 6.45) is 3.75. The summed E-state index contributed by atoms with van der Waals surface area (Å²) < 4.78 is 11.3. The van der Waals surface area contributed by atoms with Gasteiger partial charge in [-0.1, -0.05) is 25.5 Å². The predicted octanol–water partition coefficient (Wildman–Crippen LogP) is 2.71. The monoisotopic (exact) mass is 287 g/mol. The van der Waals surface area contributed by atoms with Crippen molar-refractivity contribution in [2.75, 3.05) is 19.8 Å². The summed E-state index contributed by atoms with van der Waals surface area (Å²) in [6.45, 7) is 3.82. The third-order valence-corrected chi connectivity index (χ3v) is 3.13. The number of hydrogen-bond donors (Lipinski definition) is 2. The minimum atomic E-state index is -0.0462. The van der Waals surface area contributed by atoms with Crippen LogP contribution >= 0.6 is 0 Å². The van der Waals surface area contributed by atoms with Crippen molar-refractivity contribution in [1.29, 1.82) is 5.41 Å². The highest BCUT2D eigenvalue weighted by molar-refractivity contribution is 6.02. The number of nitrogens with one attached hydrogen (secondary N) is 1. The molecule has 0 aliphatic carbocycles. The molecular weight excluding hydrogens is 266 g/mol. The van der Waals surface area contributed by atoms with Crippen LogP contribution in [0.1, 0.15) is 25.3 Å². The van der Waals surface area contributed by atoms with Crippen LogP contribution in [0.4, 0.5) is 0 Å². The zero-order valence-electron chi connectivity index (χ0n) is 12.3. The second-order valence-corrected chi connectivity index (χ2v) is 4.75. The highest BCUT2D eigenvalue weighted by atomic mass is 16.5. The first-order chi connectivity index (χ1) is 10.2. The summed E-state index contributed by atoms with van der Waals surface area (Å²) in [4.78, 5) is 4.30. The number of fused-ring (bicyclic) bond motifs is 1. The summed E-state index contributed by atoms with van der Waals surface area (Å²) >= 11 is 0. The van der Waals surface area contributed by atoms with Gasteiger partial charge < -0.3 is 15.2 Å². The Kier molecular flexibility index (Phi) is 5.51. The summed E-state index contributed by atoms with van der Waals surface area (Å²) in [6, 6.07) is 7.66. The highest BCUT2D eigenvalue weighted by Gasteiger charge is 2.12. The van der Waals surface area contributed by atoms with Crippen LogP contribution in [-0.2, 0) is 4.74 Å². The molecule has 0 fully saturated rings. The molecule has 0 saturated carbocycles. The number of pyridine rings is 1. The van der Waals surface area contributed by atoms with E-state index in [0.717, 1.165) is 30.4 Å². The number of nitrogens with zero attached hydrogens (tertiary/aromatic N) is 1. The molecule has 0 unspecified atom stereocenters. The first-order valence-electron chi connectivity index (χ1n) is 7.16. The molecule has 1 heterocycles. The van der Waals surface area contributed by atoms with Crippen LogP contribution in [0.3, 0.4) is 0 Å². The first kappa shape index (κ1) is 15.3. The maximum Gasteiger partial charge on any atom is 0.141 e. The van der Waals surface area contributed by atoms with Crippen molar-refractivity contribution in [3.8, 4) is 5.75 Å². The van der Waals surface area contributed by atoms with E-state index in [-0.39, 0.29) is 5.84 Å². The molecule has 0 atom stereocenters. The van der Waals surface area contributed by atoms with Crippen LogP contribution in [0.15, 0.2) is 30.5 Å². The molecular formula is C16H21N3O2. The van der Waals surface area contributed by atoms with E-state index in [1.54, 1.807) is 6.20 Å². The number of nitrogen functional groups attached to an aromatic ring is 1. The number of hydrogen-bond acceptors (Lipinski definition) is 4. The van der Waals surface area contributed by atoms with Crippen LogP contribution < -0.4 is 10.5 Å². The van der Waals surface area contributed by atoms with Crippen LogP contribution in [0, 0.1) is 5.41 Å². The van der Waals surface area contributed by atoms with Gasteiger partial charge in [-0.05, 0) is 18.6 Å². The van der Waals surface area contributed by atoms with Crippen molar-refractivity contribution in [2.45, 2.75) is 19.8 Å². The predicted molar refractivity (Wildman–Crippen MR) is 84.0 cm³/mol. The molecule has 0 bridgehead atoms. The molecule has 0 saturated heterocycles. The summed E-state index contributed by atoms with van der Waals surface area (Å²) in [7, 11) is 0. The maximum absolute atomic E-state index is 7.65. The molecule has 3 N–H and O–H groups in total. The van der Waals surface area contributed by atoms with Crippen LogP contribution in [0.2, 0.25) is 0 Å². The average molecular weight is 287 g/mol. The number of unbranched alkanes of at least 4 members (excludes halogenated alkanes) is 1. The van der Waals surface area contributed by atoms with Gasteiger partial charge in [0.05, 0.1) is 17.7 Å². The van der Waals surface area contributed by atoms with E-state index in [2.05, 4.69) is 11.9 Å². The lowest BCUT2D eigenvalue weighted by Crippen LogP contribution is -2.15. The van der Waals surface area contributed by atoms with Gasteiger partial charge in [-0.15, -0.1) is 0 Å². The van der Waals surface area contributed by atoms with Gasteiger partial charge in [0.2, 0.25) is 0 Å². The summed E-state index contributed by atoms with van der Waals surface area (Å²) in [5, 5.41) is 8.51. The van der Waals surface area contributed by atoms with Crippen molar-refractivity contribution in [3.63, 3.8) is 0 Å². The van der Waals surface area contributed by atoms with Crippen LogP contribution in [-0.4, -0.2) is 30.6 Å². The highest BCUT2D eigenvalue weighted by Crippen LogP contribution is 2.27. The normalized spacial score (nSPS) is 10.7. The maximum atomic E-state index is 7.65. The number of nitrogens with two attached hydrogens (primary N) is 1. The molecule has 0 radical (unpaired) electrons. The lowest BCUT2D eigenvalue weighted by atomic mass is 10.1. The number of benzene rings is 1. The van der Waals surface area contributed by atoms with Crippen molar-refractivity contribution in [1.82, 2.24) is 4.98 Å². The Morgan fingerprint density at radius 2 is 2.05 bits per heavy atom. The van der Waals surface area contributed by atoms with Crippen molar-refractivity contribution >= 4 is 16.7 Å². The molecule has 0 aliphatic rings. The quantitative estimate of drug-likeness (QED) is 0.444. The van der Waals surface area contributed by atoms with E-state index in [1.807, 2.05) is 24.3 Å². The molecule has 1 aromatic carbocycles. The first-order valence-corrected chi connectivity index (χ1v) is 7.16. The lowest BCUT2D eigenvalue weighted by molar-refractivity contribution is 0.0985. The lowest BCUT2D eigenvalue weighted by Gasteiger charge is -2.13. The van der Waals surface area contributed by atoms with Gasteiger partial charge in [0.1, 0.15) is 18.2 Å². The molecule has 0 spiro atoms. The molecule has 0 aliphatic heterocycles. The molecule has 0 amide bonds. The fourth-order valence-corrected chi connectivity index (χ4v) is 2.01. The van der Waals surface area contributed by atoms with Crippen LogP contribution in [0.25, 0.3) is 10.9 Å². The largest absolute Gasteiger partial charge is 0.490 e. The van der Waals surface area contributed by atoms with Gasteiger partial charge in [-0.2, -0.15) is 0 Å². The zero-order chi connectivity index (χ0) is 15.1. The fourth-order valence-electron chi connectivity index (χ4n) is 2.01. The second-order valence-electron chi connectivity index (χ2n) is 4.75. The Bertz CT molecular complexity index is 613. The Hall–Kier alpha value is -2.14. The van der Waals surface area contributed by atoms with Crippen LogP contribution in [0.5, 0.6) is 5.75 Å². The zero-order valence-corrected chi connectivity index (χ0v) is 12.3. The van der Waals surface area contributed by atoms with E-state index < -0.39 is 0 Å². The molecule has 1 aromatic heterocycles. The van der Waals surface area contributed by atoms with E-state index >= 15 is 0 Å². The summed E-state index contributed by atoms with van der Waals surface area (Å²) in [5.41, 5.74) is 6.95. The molecule has 2 rings (SSSR count). The Morgan fingerprint density at radius 1 is 1.24 bits per heavy atom. The van der Waals surface area contributed by atoms with Crippen molar-refractivity contribution < 1.29 is 9.47 Å². The van der Waals surface area contributed by atoms with Crippen molar-refractivity contribution in [2.24, 2.45) is 5.73 Å². The van der Waals surface area contributed by atoms with Crippen molar-refractivity contribution in [3.05, 3.63) is 36.0 Å². The van der Waals surface area contributed by atoms with E-state index in [4.69, 9.17) is 20.6 Å². The number of para-hydroxylation sites is 1.